The molecule has 0 spiro atoms. The monoisotopic (exact) mass is 642 g/mol. The molecule has 1 rings (SSSR count). The Morgan fingerprint density at radius 3 is 1.84 bits per heavy atom. The molecule has 1 aliphatic rings. The largest absolute Gasteiger partial charge is 0.480 e. The number of aliphatic carboxylic acids is 1. The third kappa shape index (κ3) is 11.5. The van der Waals surface area contributed by atoms with E-state index in [1.165, 1.54) is 11.8 Å². The van der Waals surface area contributed by atoms with Gasteiger partial charge >= 0.3 is 5.97 Å². The highest BCUT2D eigenvalue weighted by Crippen LogP contribution is 2.20. The van der Waals surface area contributed by atoms with E-state index in [-0.39, 0.29) is 17.7 Å². The van der Waals surface area contributed by atoms with Gasteiger partial charge in [-0.15, -0.1) is 0 Å². The van der Waals surface area contributed by atoms with Crippen molar-refractivity contribution in [3.8, 4) is 0 Å². The van der Waals surface area contributed by atoms with Gasteiger partial charge in [-0.2, -0.15) is 0 Å². The second-order valence-corrected chi connectivity index (χ2v) is 12.5. The molecule has 1 saturated heterocycles. The molecule has 0 aromatic carbocycles. The first-order chi connectivity index (χ1) is 21.0. The number of nitrogens with zero attached hydrogens (tertiary/aromatic N) is 1. The minimum atomic E-state index is -1.57. The highest BCUT2D eigenvalue weighted by Gasteiger charge is 2.39. The normalized spacial score (nSPS) is 20.2. The topological polar surface area (TPSA) is 240 Å². The summed E-state index contributed by atoms with van der Waals surface area (Å²) in [6.45, 7) is 11.5. The molecule has 15 nitrogen and oxygen atoms in total. The van der Waals surface area contributed by atoms with Crippen LogP contribution in [0.2, 0.25) is 0 Å². The standard InChI is InChI=1S/C30H54N6O9/c1-8-16(5)22(27(41)34-23(30(44)45)17(6)9-2)33-25(39)20(14-37)32-28(42)24(18(7)38)35-26(40)21-11-10-12-36(21)29(43)19(31)13-15(3)4/h15-24,37-38H,8-14,31H2,1-7H3,(H,32,42)(H,33,39)(H,34,41)(H,35,40)(H,44,45)/t16-,17-,18+,19-,20-,21-,22-,23-,24-/m0/s1. The number of hydrogen-bond acceptors (Lipinski definition) is 9. The van der Waals surface area contributed by atoms with Gasteiger partial charge in [-0.05, 0) is 43.9 Å². The number of nitrogens with two attached hydrogens (primary N) is 1. The Morgan fingerprint density at radius 1 is 0.822 bits per heavy atom. The first kappa shape index (κ1) is 39.7. The predicted molar refractivity (Wildman–Crippen MR) is 165 cm³/mol. The number of nitrogens with one attached hydrogen (secondary N) is 4. The molecule has 5 amide bonds. The molecule has 0 unspecified atom stereocenters. The van der Waals surface area contributed by atoms with E-state index in [0.717, 1.165) is 0 Å². The van der Waals surface area contributed by atoms with E-state index < -0.39 is 84.5 Å². The van der Waals surface area contributed by atoms with Crippen molar-refractivity contribution < 1.29 is 44.1 Å². The lowest BCUT2D eigenvalue weighted by Crippen LogP contribution is -2.62. The van der Waals surface area contributed by atoms with Crippen LogP contribution in [0, 0.1) is 17.8 Å². The fourth-order valence-electron chi connectivity index (χ4n) is 5.12. The van der Waals surface area contributed by atoms with Crippen molar-refractivity contribution in [1.29, 1.82) is 0 Å². The van der Waals surface area contributed by atoms with Crippen molar-refractivity contribution in [2.75, 3.05) is 13.2 Å². The van der Waals surface area contributed by atoms with Gasteiger partial charge in [-0.25, -0.2) is 4.79 Å². The Morgan fingerprint density at radius 2 is 1.36 bits per heavy atom. The summed E-state index contributed by atoms with van der Waals surface area (Å²) in [5, 5.41) is 39.6. The second kappa shape index (κ2) is 18.6. The zero-order valence-corrected chi connectivity index (χ0v) is 27.5. The molecule has 0 radical (unpaired) electrons. The zero-order valence-electron chi connectivity index (χ0n) is 27.5. The molecule has 9 atom stereocenters. The van der Waals surface area contributed by atoms with Gasteiger partial charge in [0.25, 0.3) is 0 Å². The van der Waals surface area contributed by atoms with Crippen LogP contribution in [0.25, 0.3) is 0 Å². The van der Waals surface area contributed by atoms with Crippen LogP contribution >= 0.6 is 0 Å². The summed E-state index contributed by atoms with van der Waals surface area (Å²) in [5.41, 5.74) is 6.05. The van der Waals surface area contributed by atoms with Gasteiger partial charge in [-0.1, -0.05) is 54.4 Å². The summed E-state index contributed by atoms with van der Waals surface area (Å²) in [6, 6.07) is -7.17. The maximum absolute atomic E-state index is 13.2. The molecule has 45 heavy (non-hydrogen) atoms. The molecule has 9 N–H and O–H groups in total. The number of aliphatic hydroxyl groups is 2. The Balaban J connectivity index is 3.03. The van der Waals surface area contributed by atoms with E-state index >= 15 is 0 Å². The summed E-state index contributed by atoms with van der Waals surface area (Å²) in [6.07, 6.45) is 0.821. The minimum absolute atomic E-state index is 0.167. The molecule has 15 heteroatoms. The summed E-state index contributed by atoms with van der Waals surface area (Å²) in [7, 11) is 0. The molecule has 1 aliphatic heterocycles. The summed E-state index contributed by atoms with van der Waals surface area (Å²) in [5.74, 6) is -5.57. The number of carboxylic acids is 1. The van der Waals surface area contributed by atoms with E-state index in [4.69, 9.17) is 5.73 Å². The quantitative estimate of drug-likeness (QED) is 0.0892. The minimum Gasteiger partial charge on any atom is -0.480 e. The van der Waals surface area contributed by atoms with Crippen LogP contribution in [0.15, 0.2) is 0 Å². The molecule has 0 bridgehead atoms. The number of carboxylic acid groups (broad SMARTS) is 1. The van der Waals surface area contributed by atoms with Crippen LogP contribution in [0.1, 0.15) is 80.6 Å². The molecule has 0 aromatic rings. The van der Waals surface area contributed by atoms with Crippen LogP contribution in [0.4, 0.5) is 0 Å². The van der Waals surface area contributed by atoms with Gasteiger partial charge in [0, 0.05) is 6.54 Å². The Hall–Kier alpha value is -3.30. The van der Waals surface area contributed by atoms with Crippen molar-refractivity contribution in [1.82, 2.24) is 26.2 Å². The molecule has 0 aromatic heterocycles. The first-order valence-corrected chi connectivity index (χ1v) is 15.8. The highest BCUT2D eigenvalue weighted by atomic mass is 16.4. The van der Waals surface area contributed by atoms with Crippen LogP contribution in [0.5, 0.6) is 0 Å². The van der Waals surface area contributed by atoms with Crippen molar-refractivity contribution >= 4 is 35.5 Å². The fourth-order valence-corrected chi connectivity index (χ4v) is 5.12. The molecule has 0 aliphatic carbocycles. The second-order valence-electron chi connectivity index (χ2n) is 12.5. The van der Waals surface area contributed by atoms with E-state index in [0.29, 0.717) is 38.6 Å². The molecule has 0 saturated carbocycles. The number of carbonyl (C=O) groups is 6. The molecular formula is C30H54N6O9. The van der Waals surface area contributed by atoms with Crippen LogP contribution < -0.4 is 27.0 Å². The maximum atomic E-state index is 13.2. The third-order valence-corrected chi connectivity index (χ3v) is 8.33. The van der Waals surface area contributed by atoms with E-state index in [2.05, 4.69) is 21.3 Å². The van der Waals surface area contributed by atoms with Gasteiger partial charge < -0.3 is 47.2 Å². The molecule has 1 heterocycles. The lowest BCUT2D eigenvalue weighted by molar-refractivity contribution is -0.144. The zero-order chi connectivity index (χ0) is 34.6. The van der Waals surface area contributed by atoms with E-state index in [1.807, 2.05) is 13.8 Å². The number of likely N-dealkylation sites (tertiary alicyclic amines) is 1. The van der Waals surface area contributed by atoms with Gasteiger partial charge in [0.2, 0.25) is 29.5 Å². The maximum Gasteiger partial charge on any atom is 0.326 e. The van der Waals surface area contributed by atoms with Crippen molar-refractivity contribution in [3.05, 3.63) is 0 Å². The van der Waals surface area contributed by atoms with Gasteiger partial charge in [-0.3, -0.25) is 24.0 Å². The molecule has 258 valence electrons. The number of aliphatic hydroxyl groups excluding tert-OH is 2. The third-order valence-electron chi connectivity index (χ3n) is 8.33. The Kier molecular flexibility index (Phi) is 16.4. The summed E-state index contributed by atoms with van der Waals surface area (Å²) >= 11 is 0. The Bertz CT molecular complexity index is 1040. The number of hydrogen-bond donors (Lipinski definition) is 8. The van der Waals surface area contributed by atoms with Crippen molar-refractivity contribution in [3.63, 3.8) is 0 Å². The summed E-state index contributed by atoms with van der Waals surface area (Å²) < 4.78 is 0. The van der Waals surface area contributed by atoms with Gasteiger partial charge in [0.1, 0.15) is 30.2 Å². The fraction of sp³-hybridized carbons (Fsp3) is 0.800. The van der Waals surface area contributed by atoms with E-state index in [9.17, 15) is 44.1 Å². The smallest absolute Gasteiger partial charge is 0.326 e. The first-order valence-electron chi connectivity index (χ1n) is 15.8. The van der Waals surface area contributed by atoms with Crippen LogP contribution in [-0.4, -0.2) is 111 Å². The molecular weight excluding hydrogens is 588 g/mol. The van der Waals surface area contributed by atoms with E-state index in [1.54, 1.807) is 27.7 Å². The predicted octanol–water partition coefficient (Wildman–Crippen LogP) is -1.16. The average Bonchev–Trinajstić information content (AvgIpc) is 3.47. The summed E-state index contributed by atoms with van der Waals surface area (Å²) in [4.78, 5) is 78.6. The SMILES string of the molecule is CC[C@H](C)[C@H](NC(=O)[C@@H](NC(=O)[C@H](CO)NC(=O)[C@@H](NC(=O)[C@@H]1CCCN1C(=O)[C@@H](N)CC(C)C)[C@@H](C)O)[C@@H](C)CC)C(=O)O. The van der Waals surface area contributed by atoms with Gasteiger partial charge in [0.15, 0.2) is 0 Å². The van der Waals surface area contributed by atoms with Crippen LogP contribution in [-0.2, 0) is 28.8 Å². The van der Waals surface area contributed by atoms with Crippen molar-refractivity contribution in [2.24, 2.45) is 23.5 Å². The lowest BCUT2D eigenvalue weighted by atomic mass is 9.95. The van der Waals surface area contributed by atoms with Crippen LogP contribution in [0.3, 0.4) is 0 Å². The average molecular weight is 643 g/mol. The van der Waals surface area contributed by atoms with Crippen molar-refractivity contribution in [2.45, 2.75) is 123 Å². The Labute approximate surface area is 265 Å². The number of rotatable bonds is 18. The number of amides is 5. The highest BCUT2D eigenvalue weighted by molar-refractivity contribution is 5.96. The number of carbonyl (C=O) groups excluding carboxylic acids is 5. The van der Waals surface area contributed by atoms with Gasteiger partial charge in [0.05, 0.1) is 18.8 Å². The molecule has 1 fully saturated rings. The lowest BCUT2D eigenvalue weighted by Gasteiger charge is -2.30.